The lowest BCUT2D eigenvalue weighted by atomic mass is 10.1. The number of nitro groups is 1. The summed E-state index contributed by atoms with van der Waals surface area (Å²) >= 11 is 0. The molecule has 0 saturated carbocycles. The van der Waals surface area contributed by atoms with E-state index in [1.165, 1.54) is 6.07 Å². The highest BCUT2D eigenvalue weighted by molar-refractivity contribution is 6.00. The van der Waals surface area contributed by atoms with E-state index in [0.717, 1.165) is 11.6 Å². The highest BCUT2D eigenvalue weighted by atomic mass is 16.6. The molecule has 2 aromatic rings. The highest BCUT2D eigenvalue weighted by Crippen LogP contribution is 2.36. The zero-order chi connectivity index (χ0) is 18.7. The van der Waals surface area contributed by atoms with Crippen molar-refractivity contribution in [2.24, 2.45) is 0 Å². The maximum Gasteiger partial charge on any atom is 0.345 e. The highest BCUT2D eigenvalue weighted by Gasteiger charge is 2.27. The number of aryl methyl sites for hydroxylation is 1. The number of ketones is 1. The summed E-state index contributed by atoms with van der Waals surface area (Å²) in [7, 11) is 0. The van der Waals surface area contributed by atoms with Gasteiger partial charge < -0.3 is 14.2 Å². The van der Waals surface area contributed by atoms with Crippen molar-refractivity contribution in [1.82, 2.24) is 0 Å². The number of ether oxygens (including phenoxy) is 3. The lowest BCUT2D eigenvalue weighted by molar-refractivity contribution is -0.385. The topological polar surface area (TPSA) is 105 Å². The summed E-state index contributed by atoms with van der Waals surface area (Å²) in [5.41, 5.74) is 0.614. The van der Waals surface area contributed by atoms with Crippen molar-refractivity contribution in [3.8, 4) is 11.5 Å². The Morgan fingerprint density at radius 1 is 1.12 bits per heavy atom. The molecule has 3 rings (SSSR count). The minimum atomic E-state index is -0.978. The summed E-state index contributed by atoms with van der Waals surface area (Å²) in [6, 6.07) is 9.09. The molecular weight excluding hydrogens is 342 g/mol. The molecule has 8 nitrogen and oxygen atoms in total. The van der Waals surface area contributed by atoms with Gasteiger partial charge in [0.1, 0.15) is 18.8 Å². The standard InChI is InChI=1S/C18H15NO7/c1-11-2-4-12(5-3-11)15(20)10-26-18(21)13-8-16-17(25-7-6-24-16)9-14(13)19(22)23/h2-5,8-9H,6-7,10H2,1H3. The van der Waals surface area contributed by atoms with Crippen LogP contribution < -0.4 is 9.47 Å². The minimum absolute atomic E-state index is 0.190. The van der Waals surface area contributed by atoms with Crippen molar-refractivity contribution in [2.45, 2.75) is 6.92 Å². The number of rotatable bonds is 5. The molecule has 26 heavy (non-hydrogen) atoms. The van der Waals surface area contributed by atoms with Gasteiger partial charge >= 0.3 is 5.97 Å². The monoisotopic (exact) mass is 357 g/mol. The summed E-state index contributed by atoms with van der Waals surface area (Å²) in [6.07, 6.45) is 0. The number of esters is 1. The first-order valence-electron chi connectivity index (χ1n) is 7.81. The van der Waals surface area contributed by atoms with Crippen molar-refractivity contribution in [3.05, 3.63) is 63.2 Å². The SMILES string of the molecule is Cc1ccc(C(=O)COC(=O)c2cc3c(cc2[N+](=O)[O-])OCCO3)cc1. The third kappa shape index (κ3) is 3.64. The molecule has 0 N–H and O–H groups in total. The predicted octanol–water partition coefficient (Wildman–Crippen LogP) is 2.71. The van der Waals surface area contributed by atoms with Gasteiger partial charge in [0.25, 0.3) is 5.69 Å². The van der Waals surface area contributed by atoms with E-state index >= 15 is 0 Å². The van der Waals surface area contributed by atoms with Gasteiger partial charge in [0.15, 0.2) is 23.9 Å². The molecule has 0 aliphatic carbocycles. The molecule has 0 bridgehead atoms. The second-order valence-electron chi connectivity index (χ2n) is 5.64. The molecule has 0 spiro atoms. The van der Waals surface area contributed by atoms with Crippen LogP contribution in [0.1, 0.15) is 26.3 Å². The molecule has 0 atom stereocenters. The first-order chi connectivity index (χ1) is 12.5. The largest absolute Gasteiger partial charge is 0.486 e. The molecule has 0 fully saturated rings. The average molecular weight is 357 g/mol. The number of hydrogen-bond acceptors (Lipinski definition) is 7. The van der Waals surface area contributed by atoms with E-state index in [1.54, 1.807) is 24.3 Å². The number of carbonyl (C=O) groups excluding carboxylic acids is 2. The van der Waals surface area contributed by atoms with Crippen LogP contribution in [0.2, 0.25) is 0 Å². The smallest absolute Gasteiger partial charge is 0.345 e. The van der Waals surface area contributed by atoms with E-state index in [2.05, 4.69) is 0 Å². The molecule has 2 aromatic carbocycles. The van der Waals surface area contributed by atoms with Gasteiger partial charge in [-0.3, -0.25) is 14.9 Å². The van der Waals surface area contributed by atoms with Gasteiger partial charge in [-0.05, 0) is 6.92 Å². The quantitative estimate of drug-likeness (QED) is 0.350. The molecule has 8 heteroatoms. The molecular formula is C18H15NO7. The van der Waals surface area contributed by atoms with Crippen LogP contribution in [-0.2, 0) is 4.74 Å². The average Bonchev–Trinajstić information content (AvgIpc) is 2.65. The van der Waals surface area contributed by atoms with Gasteiger partial charge in [-0.2, -0.15) is 0 Å². The first-order valence-corrected chi connectivity index (χ1v) is 7.81. The Balaban J connectivity index is 1.77. The molecule has 1 aliphatic rings. The number of nitro benzene ring substituents is 1. The fraction of sp³-hybridized carbons (Fsp3) is 0.222. The number of fused-ring (bicyclic) bond motifs is 1. The van der Waals surface area contributed by atoms with Crippen LogP contribution in [0.5, 0.6) is 11.5 Å². The number of carbonyl (C=O) groups is 2. The lowest BCUT2D eigenvalue weighted by Crippen LogP contribution is -2.18. The molecule has 0 saturated heterocycles. The van der Waals surface area contributed by atoms with Crippen molar-refractivity contribution >= 4 is 17.4 Å². The first kappa shape index (κ1) is 17.4. The second kappa shape index (κ2) is 7.22. The van der Waals surface area contributed by atoms with Gasteiger partial charge in [0, 0.05) is 11.6 Å². The van der Waals surface area contributed by atoms with Crippen LogP contribution in [0.4, 0.5) is 5.69 Å². The van der Waals surface area contributed by atoms with Crippen molar-refractivity contribution in [2.75, 3.05) is 19.8 Å². The maximum absolute atomic E-state index is 12.3. The number of benzene rings is 2. The van der Waals surface area contributed by atoms with Crippen LogP contribution in [0, 0.1) is 17.0 Å². The van der Waals surface area contributed by atoms with Crippen LogP contribution in [0.25, 0.3) is 0 Å². The fourth-order valence-corrected chi connectivity index (χ4v) is 2.42. The van der Waals surface area contributed by atoms with Crippen LogP contribution >= 0.6 is 0 Å². The second-order valence-corrected chi connectivity index (χ2v) is 5.64. The summed E-state index contributed by atoms with van der Waals surface area (Å²) in [5.74, 6) is -0.971. The van der Waals surface area contributed by atoms with Crippen LogP contribution in [-0.4, -0.2) is 36.5 Å². The number of Topliss-reactive ketones (excluding diaryl/α,β-unsaturated/α-hetero) is 1. The van der Waals surface area contributed by atoms with E-state index in [4.69, 9.17) is 14.2 Å². The van der Waals surface area contributed by atoms with Gasteiger partial charge in [-0.25, -0.2) is 4.79 Å². The molecule has 1 heterocycles. The zero-order valence-corrected chi connectivity index (χ0v) is 13.9. The van der Waals surface area contributed by atoms with E-state index in [9.17, 15) is 19.7 Å². The predicted molar refractivity (Wildman–Crippen MR) is 89.9 cm³/mol. The van der Waals surface area contributed by atoms with Crippen molar-refractivity contribution < 1.29 is 28.7 Å². The Morgan fingerprint density at radius 2 is 1.73 bits per heavy atom. The lowest BCUT2D eigenvalue weighted by Gasteiger charge is -2.18. The Morgan fingerprint density at radius 3 is 2.35 bits per heavy atom. The molecule has 0 aromatic heterocycles. The van der Waals surface area contributed by atoms with E-state index in [1.807, 2.05) is 6.92 Å². The molecule has 1 aliphatic heterocycles. The Labute approximate surface area is 148 Å². The van der Waals surface area contributed by atoms with E-state index in [-0.39, 0.29) is 30.3 Å². The third-order valence-electron chi connectivity index (χ3n) is 3.79. The van der Waals surface area contributed by atoms with Crippen LogP contribution in [0.15, 0.2) is 36.4 Å². The molecule has 134 valence electrons. The fourth-order valence-electron chi connectivity index (χ4n) is 2.42. The summed E-state index contributed by atoms with van der Waals surface area (Å²) in [4.78, 5) is 34.9. The van der Waals surface area contributed by atoms with Crippen molar-refractivity contribution in [3.63, 3.8) is 0 Å². The van der Waals surface area contributed by atoms with Gasteiger partial charge in [-0.15, -0.1) is 0 Å². The van der Waals surface area contributed by atoms with Gasteiger partial charge in [0.05, 0.1) is 11.0 Å². The van der Waals surface area contributed by atoms with E-state index in [0.29, 0.717) is 5.56 Å². The van der Waals surface area contributed by atoms with Crippen molar-refractivity contribution in [1.29, 1.82) is 0 Å². The minimum Gasteiger partial charge on any atom is -0.486 e. The molecule has 0 amide bonds. The van der Waals surface area contributed by atoms with Gasteiger partial charge in [-0.1, -0.05) is 29.8 Å². The Hall–Kier alpha value is -3.42. The van der Waals surface area contributed by atoms with Gasteiger partial charge in [0.2, 0.25) is 0 Å². The van der Waals surface area contributed by atoms with Crippen LogP contribution in [0.3, 0.4) is 0 Å². The summed E-state index contributed by atoms with van der Waals surface area (Å²) in [6.45, 7) is 1.90. The molecule has 0 radical (unpaired) electrons. The molecule has 0 unspecified atom stereocenters. The third-order valence-corrected chi connectivity index (χ3v) is 3.79. The maximum atomic E-state index is 12.3. The number of nitrogens with zero attached hydrogens (tertiary/aromatic N) is 1. The Kier molecular flexibility index (Phi) is 4.83. The van der Waals surface area contributed by atoms with E-state index < -0.39 is 29.0 Å². The summed E-state index contributed by atoms with van der Waals surface area (Å²) < 4.78 is 15.6. The zero-order valence-electron chi connectivity index (χ0n) is 13.9. The Bertz CT molecular complexity index is 874. The summed E-state index contributed by atoms with van der Waals surface area (Å²) in [5, 5.41) is 11.2. The normalized spacial score (nSPS) is 12.3. The number of hydrogen-bond donors (Lipinski definition) is 0.